The highest BCUT2D eigenvalue weighted by atomic mass is 35.5. The average Bonchev–Trinajstić information content (AvgIpc) is 2.36. The van der Waals surface area contributed by atoms with Crippen LogP contribution in [0.15, 0.2) is 24.3 Å². The van der Waals surface area contributed by atoms with Gasteiger partial charge in [0.15, 0.2) is 6.61 Å². The first-order chi connectivity index (χ1) is 8.65. The predicted molar refractivity (Wildman–Crippen MR) is 73.8 cm³/mol. The molecule has 0 heterocycles. The monoisotopic (exact) mass is 288 g/mol. The van der Waals surface area contributed by atoms with Crippen LogP contribution in [0.25, 0.3) is 0 Å². The van der Waals surface area contributed by atoms with Crippen molar-refractivity contribution in [3.8, 4) is 5.75 Å². The van der Waals surface area contributed by atoms with E-state index in [2.05, 4.69) is 15.4 Å². The molecule has 0 saturated heterocycles. The van der Waals surface area contributed by atoms with Crippen molar-refractivity contribution in [2.24, 2.45) is 0 Å². The number of benzene rings is 1. The summed E-state index contributed by atoms with van der Waals surface area (Å²) in [7, 11) is 2.98. The Morgan fingerprint density at radius 1 is 1.32 bits per heavy atom. The second-order valence-corrected chi connectivity index (χ2v) is 3.47. The summed E-state index contributed by atoms with van der Waals surface area (Å²) in [5, 5.41) is 5.43. The van der Waals surface area contributed by atoms with Gasteiger partial charge in [-0.15, -0.1) is 12.4 Å². The molecule has 0 spiro atoms. The molecule has 1 aromatic carbocycles. The van der Waals surface area contributed by atoms with E-state index in [1.54, 1.807) is 31.3 Å². The minimum Gasteiger partial charge on any atom is -0.482 e. The maximum Gasteiger partial charge on any atom is 0.343 e. The lowest BCUT2D eigenvalue weighted by atomic mass is 10.3. The fourth-order valence-electron chi connectivity index (χ4n) is 1.23. The van der Waals surface area contributed by atoms with E-state index in [9.17, 15) is 9.59 Å². The first-order valence-corrected chi connectivity index (χ1v) is 5.40. The van der Waals surface area contributed by atoms with E-state index in [-0.39, 0.29) is 31.5 Å². The number of hydrogen-bond acceptors (Lipinski definition) is 5. The van der Waals surface area contributed by atoms with Gasteiger partial charge >= 0.3 is 5.97 Å². The van der Waals surface area contributed by atoms with Gasteiger partial charge in [0.2, 0.25) is 5.91 Å². The zero-order valence-electron chi connectivity index (χ0n) is 10.8. The number of amides is 1. The standard InChI is InChI=1S/C12H16N2O4.ClH/c1-13-7-11(15)14-9-4-3-5-10(6-9)18-8-12(16)17-2;/h3-6,13H,7-8H2,1-2H3,(H,14,15);1H. The van der Waals surface area contributed by atoms with Crippen LogP contribution in [0.3, 0.4) is 0 Å². The lowest BCUT2D eigenvalue weighted by Gasteiger charge is -2.08. The first kappa shape index (κ1) is 17.2. The van der Waals surface area contributed by atoms with Crippen LogP contribution in [0.5, 0.6) is 5.75 Å². The third-order valence-electron chi connectivity index (χ3n) is 2.04. The third kappa shape index (κ3) is 6.64. The Labute approximate surface area is 117 Å². The molecule has 0 aliphatic carbocycles. The molecule has 0 saturated carbocycles. The number of ether oxygens (including phenoxy) is 2. The van der Waals surface area contributed by atoms with Crippen LogP contribution in [0.1, 0.15) is 0 Å². The number of carbonyl (C=O) groups excluding carboxylic acids is 2. The summed E-state index contributed by atoms with van der Waals surface area (Å²) >= 11 is 0. The number of esters is 1. The normalized spacial score (nSPS) is 9.16. The minimum atomic E-state index is -0.459. The molecule has 0 radical (unpaired) electrons. The van der Waals surface area contributed by atoms with Gasteiger partial charge in [0.05, 0.1) is 13.7 Å². The van der Waals surface area contributed by atoms with Crippen LogP contribution in [-0.2, 0) is 14.3 Å². The van der Waals surface area contributed by atoms with Gasteiger partial charge in [0, 0.05) is 11.8 Å². The van der Waals surface area contributed by atoms with Crippen molar-refractivity contribution < 1.29 is 19.1 Å². The highest BCUT2D eigenvalue weighted by molar-refractivity contribution is 5.92. The molecular formula is C12H17ClN2O4. The van der Waals surface area contributed by atoms with E-state index in [1.165, 1.54) is 7.11 Å². The fourth-order valence-corrected chi connectivity index (χ4v) is 1.23. The summed E-state index contributed by atoms with van der Waals surface area (Å²) < 4.78 is 9.66. The summed E-state index contributed by atoms with van der Waals surface area (Å²) in [5.41, 5.74) is 0.609. The molecule has 0 unspecified atom stereocenters. The van der Waals surface area contributed by atoms with E-state index in [1.807, 2.05) is 0 Å². The topological polar surface area (TPSA) is 76.7 Å². The molecule has 0 aliphatic rings. The second-order valence-electron chi connectivity index (χ2n) is 3.47. The third-order valence-corrected chi connectivity index (χ3v) is 2.04. The number of carbonyl (C=O) groups is 2. The molecule has 1 aromatic rings. The van der Waals surface area contributed by atoms with E-state index >= 15 is 0 Å². The van der Waals surface area contributed by atoms with Crippen molar-refractivity contribution in [1.29, 1.82) is 0 Å². The summed E-state index contributed by atoms with van der Waals surface area (Å²) in [4.78, 5) is 22.3. The van der Waals surface area contributed by atoms with Crippen molar-refractivity contribution in [3.05, 3.63) is 24.3 Å². The lowest BCUT2D eigenvalue weighted by molar-refractivity contribution is -0.142. The number of nitrogens with one attached hydrogen (secondary N) is 2. The van der Waals surface area contributed by atoms with Crippen LogP contribution >= 0.6 is 12.4 Å². The molecular weight excluding hydrogens is 272 g/mol. The van der Waals surface area contributed by atoms with Crippen LogP contribution in [0, 0.1) is 0 Å². The van der Waals surface area contributed by atoms with Gasteiger partial charge in [-0.2, -0.15) is 0 Å². The summed E-state index contributed by atoms with van der Waals surface area (Å²) in [6.07, 6.45) is 0. The number of halogens is 1. The first-order valence-electron chi connectivity index (χ1n) is 5.40. The van der Waals surface area contributed by atoms with Crippen LogP contribution in [0.2, 0.25) is 0 Å². The number of hydrogen-bond donors (Lipinski definition) is 2. The Morgan fingerprint density at radius 3 is 2.68 bits per heavy atom. The van der Waals surface area contributed by atoms with Crippen LogP contribution in [0.4, 0.5) is 5.69 Å². The molecule has 0 atom stereocenters. The average molecular weight is 289 g/mol. The molecule has 2 N–H and O–H groups in total. The van der Waals surface area contributed by atoms with Crippen molar-refractivity contribution in [3.63, 3.8) is 0 Å². The lowest BCUT2D eigenvalue weighted by Crippen LogP contribution is -2.25. The molecule has 19 heavy (non-hydrogen) atoms. The zero-order valence-corrected chi connectivity index (χ0v) is 11.6. The summed E-state index contributed by atoms with van der Waals surface area (Å²) in [6.45, 7) is 0.0671. The smallest absolute Gasteiger partial charge is 0.343 e. The predicted octanol–water partition coefficient (Wildman–Crippen LogP) is 0.818. The van der Waals surface area contributed by atoms with Gasteiger partial charge in [-0.25, -0.2) is 4.79 Å². The van der Waals surface area contributed by atoms with Crippen molar-refractivity contribution >= 4 is 30.0 Å². The second kappa shape index (κ2) is 9.18. The largest absolute Gasteiger partial charge is 0.482 e. The maximum atomic E-state index is 11.3. The maximum absolute atomic E-state index is 11.3. The van der Waals surface area contributed by atoms with Gasteiger partial charge in [0.1, 0.15) is 5.75 Å². The van der Waals surface area contributed by atoms with Crippen molar-refractivity contribution in [2.45, 2.75) is 0 Å². The Hall–Kier alpha value is -1.79. The molecule has 0 bridgehead atoms. The van der Waals surface area contributed by atoms with Crippen LogP contribution in [-0.4, -0.2) is 39.2 Å². The highest BCUT2D eigenvalue weighted by Crippen LogP contribution is 2.17. The Morgan fingerprint density at radius 2 is 2.05 bits per heavy atom. The van der Waals surface area contributed by atoms with Gasteiger partial charge < -0.3 is 20.1 Å². The molecule has 0 aliphatic heterocycles. The Kier molecular flexibility index (Phi) is 8.32. The van der Waals surface area contributed by atoms with Gasteiger partial charge in [-0.1, -0.05) is 6.07 Å². The zero-order chi connectivity index (χ0) is 13.4. The number of anilines is 1. The fraction of sp³-hybridized carbons (Fsp3) is 0.333. The SMILES string of the molecule is CNCC(=O)Nc1cccc(OCC(=O)OC)c1.Cl. The van der Waals surface area contributed by atoms with Gasteiger partial charge in [-0.3, -0.25) is 4.79 Å². The Bertz CT molecular complexity index is 426. The van der Waals surface area contributed by atoms with E-state index < -0.39 is 5.97 Å². The number of likely N-dealkylation sites (N-methyl/N-ethyl adjacent to an activating group) is 1. The Balaban J connectivity index is 0.00000324. The van der Waals surface area contributed by atoms with Crippen molar-refractivity contribution in [1.82, 2.24) is 5.32 Å². The summed E-state index contributed by atoms with van der Waals surface area (Å²) in [6, 6.07) is 6.79. The van der Waals surface area contributed by atoms with E-state index in [0.29, 0.717) is 11.4 Å². The summed E-state index contributed by atoms with van der Waals surface area (Å²) in [5.74, 6) is -0.120. The van der Waals surface area contributed by atoms with Crippen molar-refractivity contribution in [2.75, 3.05) is 32.6 Å². The molecule has 7 heteroatoms. The van der Waals surface area contributed by atoms with Gasteiger partial charge in [-0.05, 0) is 19.2 Å². The number of methoxy groups -OCH3 is 1. The minimum absolute atomic E-state index is 0. The molecule has 0 fully saturated rings. The quantitative estimate of drug-likeness (QED) is 0.758. The van der Waals surface area contributed by atoms with E-state index in [0.717, 1.165) is 0 Å². The number of rotatable bonds is 6. The van der Waals surface area contributed by atoms with E-state index in [4.69, 9.17) is 4.74 Å². The van der Waals surface area contributed by atoms with Gasteiger partial charge in [0.25, 0.3) is 0 Å². The molecule has 106 valence electrons. The highest BCUT2D eigenvalue weighted by Gasteiger charge is 2.04. The molecule has 1 amide bonds. The molecule has 1 rings (SSSR count). The molecule has 6 nitrogen and oxygen atoms in total. The molecule has 0 aromatic heterocycles. The van der Waals surface area contributed by atoms with Crippen LogP contribution < -0.4 is 15.4 Å².